The summed E-state index contributed by atoms with van der Waals surface area (Å²) >= 11 is 0. The molecule has 0 fully saturated rings. The molecule has 0 saturated carbocycles. The Labute approximate surface area is 239 Å². The van der Waals surface area contributed by atoms with Crippen molar-refractivity contribution in [2.45, 2.75) is 18.4 Å². The number of rotatable bonds is 11. The Morgan fingerprint density at radius 2 is 1.63 bits per heavy atom. The molecule has 1 aromatic heterocycles. The van der Waals surface area contributed by atoms with Crippen LogP contribution in [0.1, 0.15) is 21.5 Å². The lowest BCUT2D eigenvalue weighted by Crippen LogP contribution is -2.38. The lowest BCUT2D eigenvalue weighted by atomic mass is 10.1. The van der Waals surface area contributed by atoms with Crippen molar-refractivity contribution in [3.05, 3.63) is 108 Å². The molecule has 0 atom stereocenters. The maximum absolute atomic E-state index is 13.8. The van der Waals surface area contributed by atoms with Gasteiger partial charge in [0.05, 0.1) is 36.1 Å². The van der Waals surface area contributed by atoms with Crippen molar-refractivity contribution < 1.29 is 27.5 Å². The highest BCUT2D eigenvalue weighted by Crippen LogP contribution is 2.32. The van der Waals surface area contributed by atoms with Crippen LogP contribution in [-0.4, -0.2) is 46.0 Å². The van der Waals surface area contributed by atoms with Crippen molar-refractivity contribution >= 4 is 33.2 Å². The largest absolute Gasteiger partial charge is 0.493 e. The second-order valence-electron chi connectivity index (χ2n) is 9.00. The van der Waals surface area contributed by atoms with Gasteiger partial charge in [0.2, 0.25) is 5.91 Å². The first-order valence-corrected chi connectivity index (χ1v) is 14.0. The number of pyridine rings is 1. The number of para-hydroxylation sites is 1. The molecular weight excluding hydrogens is 544 g/mol. The van der Waals surface area contributed by atoms with Crippen LogP contribution in [0.4, 0.5) is 11.4 Å². The summed E-state index contributed by atoms with van der Waals surface area (Å²) in [7, 11) is -1.37. The van der Waals surface area contributed by atoms with E-state index in [4.69, 9.17) is 9.47 Å². The molecule has 0 spiro atoms. The summed E-state index contributed by atoms with van der Waals surface area (Å²) in [5, 5.41) is 5.51. The first-order valence-electron chi connectivity index (χ1n) is 12.6. The molecule has 0 aliphatic carbocycles. The number of hydrogen-bond acceptors (Lipinski definition) is 7. The van der Waals surface area contributed by atoms with Gasteiger partial charge in [-0.2, -0.15) is 0 Å². The Bertz CT molecular complexity index is 1630. The number of aryl methyl sites for hydroxylation is 1. The Balaban J connectivity index is 1.59. The Morgan fingerprint density at radius 1 is 0.902 bits per heavy atom. The molecule has 0 aliphatic heterocycles. The number of amides is 2. The zero-order valence-electron chi connectivity index (χ0n) is 22.8. The van der Waals surface area contributed by atoms with Gasteiger partial charge in [0.1, 0.15) is 6.54 Å². The predicted octanol–water partition coefficient (Wildman–Crippen LogP) is 4.17. The average molecular weight is 575 g/mol. The van der Waals surface area contributed by atoms with Gasteiger partial charge in [-0.05, 0) is 55.0 Å². The molecule has 3 aromatic carbocycles. The molecule has 1 heterocycles. The number of carbonyl (C=O) groups is 2. The number of carbonyl (C=O) groups excluding carboxylic acids is 2. The molecular formula is C30H30N4O6S. The van der Waals surface area contributed by atoms with Gasteiger partial charge < -0.3 is 20.1 Å². The average Bonchev–Trinajstić information content (AvgIpc) is 2.99. The van der Waals surface area contributed by atoms with Crippen molar-refractivity contribution in [3.8, 4) is 11.5 Å². The van der Waals surface area contributed by atoms with Gasteiger partial charge >= 0.3 is 0 Å². The molecule has 2 amide bonds. The van der Waals surface area contributed by atoms with Gasteiger partial charge in [-0.1, -0.05) is 35.9 Å². The van der Waals surface area contributed by atoms with E-state index in [1.54, 1.807) is 67.0 Å². The Hall–Kier alpha value is -4.90. The van der Waals surface area contributed by atoms with Crippen molar-refractivity contribution in [2.24, 2.45) is 0 Å². The SMILES string of the molecule is COc1ccc(S(=O)(=O)N(CC(=O)Nc2ccccc2C(=O)NCc2cccnc2)c2ccc(C)cc2)cc1OC. The standard InChI is InChI=1S/C30H30N4O6S/c1-21-10-12-23(13-11-21)34(41(37,38)24-14-15-27(39-2)28(17-24)40-3)20-29(35)33-26-9-5-4-8-25(26)30(36)32-19-22-7-6-16-31-18-22/h4-18H,19-20H2,1-3H3,(H,32,36)(H,33,35). The summed E-state index contributed by atoms with van der Waals surface area (Å²) in [5.41, 5.74) is 2.51. The number of anilines is 2. The smallest absolute Gasteiger partial charge is 0.264 e. The van der Waals surface area contributed by atoms with E-state index in [0.717, 1.165) is 15.4 Å². The molecule has 0 radical (unpaired) electrons. The van der Waals surface area contributed by atoms with Crippen molar-refractivity contribution in [2.75, 3.05) is 30.4 Å². The maximum atomic E-state index is 13.8. The fraction of sp³-hybridized carbons (Fsp3) is 0.167. The molecule has 4 rings (SSSR count). The molecule has 2 N–H and O–H groups in total. The number of nitrogens with one attached hydrogen (secondary N) is 2. The van der Waals surface area contributed by atoms with Crippen molar-refractivity contribution in [1.29, 1.82) is 0 Å². The molecule has 11 heteroatoms. The molecule has 0 unspecified atom stereocenters. The van der Waals surface area contributed by atoms with Crippen LogP contribution in [0.5, 0.6) is 11.5 Å². The second kappa shape index (κ2) is 13.0. The van der Waals surface area contributed by atoms with Crippen LogP contribution in [0.25, 0.3) is 0 Å². The van der Waals surface area contributed by atoms with Gasteiger partial charge in [0, 0.05) is 25.0 Å². The van der Waals surface area contributed by atoms with Crippen molar-refractivity contribution in [1.82, 2.24) is 10.3 Å². The summed E-state index contributed by atoms with van der Waals surface area (Å²) in [5.74, 6) is -0.446. The molecule has 0 aliphatic rings. The minimum Gasteiger partial charge on any atom is -0.493 e. The van der Waals surface area contributed by atoms with Gasteiger partial charge in [-0.15, -0.1) is 0 Å². The summed E-state index contributed by atoms with van der Waals surface area (Å²) in [6.07, 6.45) is 3.29. The molecule has 4 aromatic rings. The quantitative estimate of drug-likeness (QED) is 0.275. The van der Waals surface area contributed by atoms with Crippen LogP contribution in [0.2, 0.25) is 0 Å². The lowest BCUT2D eigenvalue weighted by molar-refractivity contribution is -0.114. The molecule has 212 valence electrons. The molecule has 0 saturated heterocycles. The third kappa shape index (κ3) is 7.00. The predicted molar refractivity (Wildman–Crippen MR) is 156 cm³/mol. The third-order valence-corrected chi connectivity index (χ3v) is 7.94. The number of nitrogens with zero attached hydrogens (tertiary/aromatic N) is 2. The highest BCUT2D eigenvalue weighted by molar-refractivity contribution is 7.92. The lowest BCUT2D eigenvalue weighted by Gasteiger charge is -2.25. The van der Waals surface area contributed by atoms with Crippen LogP contribution in [0.3, 0.4) is 0 Å². The van der Waals surface area contributed by atoms with Crippen LogP contribution < -0.4 is 24.4 Å². The normalized spacial score (nSPS) is 10.9. The highest BCUT2D eigenvalue weighted by Gasteiger charge is 2.29. The molecule has 0 bridgehead atoms. The minimum atomic E-state index is -4.23. The first-order chi connectivity index (χ1) is 19.7. The number of ether oxygens (including phenoxy) is 2. The van der Waals surface area contributed by atoms with Crippen LogP contribution in [0, 0.1) is 6.92 Å². The summed E-state index contributed by atoms with van der Waals surface area (Å²) < 4.78 is 39.2. The minimum absolute atomic E-state index is 0.0845. The number of methoxy groups -OCH3 is 2. The maximum Gasteiger partial charge on any atom is 0.264 e. The number of aromatic nitrogens is 1. The molecule has 41 heavy (non-hydrogen) atoms. The second-order valence-corrected chi connectivity index (χ2v) is 10.9. The topological polar surface area (TPSA) is 127 Å². The third-order valence-electron chi connectivity index (χ3n) is 6.17. The fourth-order valence-corrected chi connectivity index (χ4v) is 5.46. The van der Waals surface area contributed by atoms with Gasteiger partial charge in [-0.3, -0.25) is 18.9 Å². The van der Waals surface area contributed by atoms with E-state index in [0.29, 0.717) is 11.4 Å². The first kappa shape index (κ1) is 29.1. The number of sulfonamides is 1. The summed E-state index contributed by atoms with van der Waals surface area (Å²) in [4.78, 5) is 30.2. The zero-order valence-corrected chi connectivity index (χ0v) is 23.6. The fourth-order valence-electron chi connectivity index (χ4n) is 4.02. The Morgan fingerprint density at radius 3 is 2.32 bits per heavy atom. The van der Waals surface area contributed by atoms with Gasteiger partial charge in [0.25, 0.3) is 15.9 Å². The number of hydrogen-bond donors (Lipinski definition) is 2. The summed E-state index contributed by atoms with van der Waals surface area (Å²) in [6.45, 7) is 1.57. The van der Waals surface area contributed by atoms with E-state index >= 15 is 0 Å². The van der Waals surface area contributed by atoms with Gasteiger partial charge in [-0.25, -0.2) is 8.42 Å². The van der Waals surface area contributed by atoms with Crippen LogP contribution in [-0.2, 0) is 21.4 Å². The van der Waals surface area contributed by atoms with Crippen LogP contribution in [0.15, 0.2) is 96.2 Å². The number of benzene rings is 3. The van der Waals surface area contributed by atoms with E-state index < -0.39 is 28.4 Å². The summed E-state index contributed by atoms with van der Waals surface area (Å²) in [6, 6.07) is 21.1. The monoisotopic (exact) mass is 574 g/mol. The molecule has 10 nitrogen and oxygen atoms in total. The van der Waals surface area contributed by atoms with Gasteiger partial charge in [0.15, 0.2) is 11.5 Å². The zero-order chi connectivity index (χ0) is 29.4. The van der Waals surface area contributed by atoms with E-state index in [1.807, 2.05) is 13.0 Å². The van der Waals surface area contributed by atoms with Crippen LogP contribution >= 0.6 is 0 Å². The van der Waals surface area contributed by atoms with Crippen molar-refractivity contribution in [3.63, 3.8) is 0 Å². The van der Waals surface area contributed by atoms with E-state index in [1.165, 1.54) is 32.4 Å². The van der Waals surface area contributed by atoms with E-state index in [2.05, 4.69) is 15.6 Å². The Kier molecular flexibility index (Phi) is 9.20. The highest BCUT2D eigenvalue weighted by atomic mass is 32.2. The van der Waals surface area contributed by atoms with E-state index in [-0.39, 0.29) is 28.4 Å². The van der Waals surface area contributed by atoms with E-state index in [9.17, 15) is 18.0 Å².